The van der Waals surface area contributed by atoms with Gasteiger partial charge in [-0.05, 0) is 32.0 Å². The Balaban J connectivity index is 2.62. The minimum atomic E-state index is 0.00508. The van der Waals surface area contributed by atoms with E-state index in [1.807, 2.05) is 19.9 Å². The molecule has 0 bridgehead atoms. The lowest BCUT2D eigenvalue weighted by Gasteiger charge is -2.21. The summed E-state index contributed by atoms with van der Waals surface area (Å²) < 4.78 is 0. The van der Waals surface area contributed by atoms with Gasteiger partial charge >= 0.3 is 0 Å². The molecule has 1 aromatic carbocycles. The molecule has 18 heavy (non-hydrogen) atoms. The number of rotatable bonds is 4. The summed E-state index contributed by atoms with van der Waals surface area (Å²) >= 11 is 5.90. The zero-order valence-corrected chi connectivity index (χ0v) is 11.5. The van der Waals surface area contributed by atoms with E-state index in [-0.39, 0.29) is 18.5 Å². The van der Waals surface area contributed by atoms with Crippen LogP contribution in [0.3, 0.4) is 0 Å². The van der Waals surface area contributed by atoms with E-state index in [0.29, 0.717) is 10.6 Å². The number of carbonyl (C=O) groups excluding carboxylic acids is 1. The summed E-state index contributed by atoms with van der Waals surface area (Å²) in [6.45, 7) is 4.11. The number of amides is 1. The molecule has 1 amide bonds. The lowest BCUT2D eigenvalue weighted by molar-refractivity contribution is -0.129. The molecule has 0 aliphatic heterocycles. The number of anilines is 1. The quantitative estimate of drug-likeness (QED) is 0.910. The molecule has 0 unspecified atom stereocenters. The molecule has 0 heterocycles. The van der Waals surface area contributed by atoms with Crippen molar-refractivity contribution < 1.29 is 4.79 Å². The predicted octanol–water partition coefficient (Wildman–Crippen LogP) is 2.49. The van der Waals surface area contributed by atoms with Crippen LogP contribution < -0.4 is 5.32 Å². The van der Waals surface area contributed by atoms with Crippen molar-refractivity contribution in [2.24, 2.45) is 0 Å². The maximum Gasteiger partial charge on any atom is 0.241 e. The van der Waals surface area contributed by atoms with E-state index in [1.165, 1.54) is 0 Å². The number of carbonyl (C=O) groups is 1. The number of hydrogen-bond acceptors (Lipinski definition) is 3. The average molecular weight is 266 g/mol. The third-order valence-electron chi connectivity index (χ3n) is 2.70. The molecule has 0 saturated heterocycles. The van der Waals surface area contributed by atoms with Crippen LogP contribution in [-0.4, -0.2) is 30.4 Å². The molecular formula is C13H16ClN3O. The summed E-state index contributed by atoms with van der Waals surface area (Å²) in [6.07, 6.45) is 0. The van der Waals surface area contributed by atoms with Crippen LogP contribution in [0, 0.1) is 11.3 Å². The fourth-order valence-corrected chi connectivity index (χ4v) is 1.53. The molecule has 0 spiro atoms. The van der Waals surface area contributed by atoms with Crippen molar-refractivity contribution in [2.75, 3.05) is 18.9 Å². The van der Waals surface area contributed by atoms with E-state index in [1.54, 1.807) is 30.1 Å². The van der Waals surface area contributed by atoms with Gasteiger partial charge in [-0.25, -0.2) is 0 Å². The molecule has 0 atom stereocenters. The Morgan fingerprint density at radius 2 is 2.22 bits per heavy atom. The summed E-state index contributed by atoms with van der Waals surface area (Å²) in [5.74, 6) is 0.00508. The van der Waals surface area contributed by atoms with Gasteiger partial charge in [-0.15, -0.1) is 0 Å². The van der Waals surface area contributed by atoms with E-state index in [9.17, 15) is 4.79 Å². The van der Waals surface area contributed by atoms with Crippen LogP contribution in [0.1, 0.15) is 19.4 Å². The van der Waals surface area contributed by atoms with Crippen LogP contribution in [-0.2, 0) is 4.79 Å². The van der Waals surface area contributed by atoms with Crippen molar-refractivity contribution in [1.82, 2.24) is 4.90 Å². The minimum absolute atomic E-state index is 0.00508. The van der Waals surface area contributed by atoms with Crippen LogP contribution in [0.25, 0.3) is 0 Å². The first-order valence-electron chi connectivity index (χ1n) is 5.65. The van der Waals surface area contributed by atoms with Gasteiger partial charge in [0, 0.05) is 18.8 Å². The molecule has 5 heteroatoms. The fourth-order valence-electron chi connectivity index (χ4n) is 1.31. The number of halogens is 1. The number of hydrogen-bond donors (Lipinski definition) is 1. The van der Waals surface area contributed by atoms with Crippen LogP contribution in [0.5, 0.6) is 0 Å². The Labute approximate surface area is 112 Å². The molecule has 1 aromatic rings. The molecule has 0 aliphatic carbocycles. The van der Waals surface area contributed by atoms with Gasteiger partial charge in [-0.1, -0.05) is 11.6 Å². The summed E-state index contributed by atoms with van der Waals surface area (Å²) in [6, 6.07) is 7.15. The van der Waals surface area contributed by atoms with Crippen molar-refractivity contribution in [2.45, 2.75) is 19.9 Å². The average Bonchev–Trinajstić information content (AvgIpc) is 2.35. The summed E-state index contributed by atoms with van der Waals surface area (Å²) in [7, 11) is 1.76. The highest BCUT2D eigenvalue weighted by Gasteiger charge is 2.11. The van der Waals surface area contributed by atoms with E-state index in [0.717, 1.165) is 5.69 Å². The number of likely N-dealkylation sites (N-methyl/N-ethyl adjacent to an activating group) is 1. The normalized spacial score (nSPS) is 10.0. The van der Waals surface area contributed by atoms with Gasteiger partial charge in [0.1, 0.15) is 6.07 Å². The van der Waals surface area contributed by atoms with Crippen molar-refractivity contribution >= 4 is 23.2 Å². The van der Waals surface area contributed by atoms with E-state index < -0.39 is 0 Å². The first kappa shape index (κ1) is 14.3. The van der Waals surface area contributed by atoms with Gasteiger partial charge in [0.25, 0.3) is 0 Å². The number of benzene rings is 1. The molecule has 4 nitrogen and oxygen atoms in total. The summed E-state index contributed by atoms with van der Waals surface area (Å²) in [5, 5.41) is 12.1. The molecular weight excluding hydrogens is 250 g/mol. The second kappa shape index (κ2) is 6.27. The molecule has 0 saturated carbocycles. The topological polar surface area (TPSA) is 56.1 Å². The zero-order chi connectivity index (χ0) is 13.7. The highest BCUT2D eigenvalue weighted by atomic mass is 35.5. The molecule has 0 fully saturated rings. The van der Waals surface area contributed by atoms with Crippen molar-refractivity contribution in [3.8, 4) is 6.07 Å². The molecule has 0 aliphatic rings. The SMILES string of the molecule is CC(C)N(C)C(=O)CNc1ccc(C#N)c(Cl)c1. The number of nitriles is 1. The fraction of sp³-hybridized carbons (Fsp3) is 0.385. The summed E-state index contributed by atoms with van der Waals surface area (Å²) in [4.78, 5) is 13.4. The molecule has 1 rings (SSSR count). The van der Waals surface area contributed by atoms with Gasteiger partial charge in [-0.2, -0.15) is 5.26 Å². The summed E-state index contributed by atoms with van der Waals surface area (Å²) in [5.41, 5.74) is 1.15. The third kappa shape index (κ3) is 3.64. The molecule has 1 N–H and O–H groups in total. The van der Waals surface area contributed by atoms with Gasteiger partial charge in [0.2, 0.25) is 5.91 Å². The van der Waals surface area contributed by atoms with Crippen molar-refractivity contribution in [1.29, 1.82) is 5.26 Å². The van der Waals surface area contributed by atoms with E-state index >= 15 is 0 Å². The Kier molecular flexibility index (Phi) is 4.99. The second-order valence-corrected chi connectivity index (χ2v) is 4.67. The highest BCUT2D eigenvalue weighted by Crippen LogP contribution is 2.19. The Bertz CT molecular complexity index is 480. The largest absolute Gasteiger partial charge is 0.376 e. The molecule has 0 aromatic heterocycles. The Hall–Kier alpha value is -1.73. The Morgan fingerprint density at radius 3 is 2.72 bits per heavy atom. The zero-order valence-electron chi connectivity index (χ0n) is 10.7. The van der Waals surface area contributed by atoms with Crippen LogP contribution in [0.2, 0.25) is 5.02 Å². The maximum absolute atomic E-state index is 11.7. The predicted molar refractivity (Wildman–Crippen MR) is 72.6 cm³/mol. The highest BCUT2D eigenvalue weighted by molar-refractivity contribution is 6.32. The first-order chi connectivity index (χ1) is 8.45. The van der Waals surface area contributed by atoms with Gasteiger partial charge in [-0.3, -0.25) is 4.79 Å². The third-order valence-corrected chi connectivity index (χ3v) is 3.01. The first-order valence-corrected chi connectivity index (χ1v) is 6.02. The van der Waals surface area contributed by atoms with Crippen molar-refractivity contribution in [3.05, 3.63) is 28.8 Å². The number of nitrogens with zero attached hydrogens (tertiary/aromatic N) is 2. The Morgan fingerprint density at radius 1 is 1.56 bits per heavy atom. The van der Waals surface area contributed by atoms with Gasteiger partial charge < -0.3 is 10.2 Å². The monoisotopic (exact) mass is 265 g/mol. The van der Waals surface area contributed by atoms with E-state index in [2.05, 4.69) is 5.32 Å². The van der Waals surface area contributed by atoms with Crippen LogP contribution in [0.4, 0.5) is 5.69 Å². The lowest BCUT2D eigenvalue weighted by Crippen LogP contribution is -2.37. The molecule has 0 radical (unpaired) electrons. The smallest absolute Gasteiger partial charge is 0.241 e. The van der Waals surface area contributed by atoms with Crippen molar-refractivity contribution in [3.63, 3.8) is 0 Å². The van der Waals surface area contributed by atoms with Gasteiger partial charge in [0.05, 0.1) is 17.1 Å². The van der Waals surface area contributed by atoms with Gasteiger partial charge in [0.15, 0.2) is 0 Å². The second-order valence-electron chi connectivity index (χ2n) is 4.26. The van der Waals surface area contributed by atoms with Crippen LogP contribution in [0.15, 0.2) is 18.2 Å². The molecule has 96 valence electrons. The number of nitrogens with one attached hydrogen (secondary N) is 1. The standard InChI is InChI=1S/C13H16ClN3O/c1-9(2)17(3)13(18)8-16-11-5-4-10(7-15)12(14)6-11/h4-6,9,16H,8H2,1-3H3. The lowest BCUT2D eigenvalue weighted by atomic mass is 10.2. The minimum Gasteiger partial charge on any atom is -0.376 e. The maximum atomic E-state index is 11.7. The van der Waals surface area contributed by atoms with E-state index in [4.69, 9.17) is 16.9 Å². The van der Waals surface area contributed by atoms with Crippen LogP contribution >= 0.6 is 11.6 Å².